The highest BCUT2D eigenvalue weighted by molar-refractivity contribution is 7.11. The highest BCUT2D eigenvalue weighted by Crippen LogP contribution is 2.73. The molecule has 1 aromatic rings. The Kier molecular flexibility index (Phi) is 4.28. The molecule has 108 valence electrons. The van der Waals surface area contributed by atoms with E-state index >= 15 is 0 Å². The van der Waals surface area contributed by atoms with Gasteiger partial charge in [-0.05, 0) is 10.8 Å². The number of aromatic nitrogens is 2. The van der Waals surface area contributed by atoms with E-state index in [-0.39, 0.29) is 0 Å². The van der Waals surface area contributed by atoms with Gasteiger partial charge in [-0.1, -0.05) is 27.7 Å². The number of rotatable bonds is 7. The predicted molar refractivity (Wildman–Crippen MR) is 78.7 cm³/mol. The van der Waals surface area contributed by atoms with Crippen molar-refractivity contribution in [2.75, 3.05) is 26.8 Å². The molecule has 1 saturated carbocycles. The van der Waals surface area contributed by atoms with Crippen LogP contribution in [0.2, 0.25) is 0 Å². The van der Waals surface area contributed by atoms with Crippen LogP contribution in [-0.4, -0.2) is 37.0 Å². The van der Waals surface area contributed by atoms with Crippen molar-refractivity contribution in [2.45, 2.75) is 40.0 Å². The number of hydrogen-bond donors (Lipinski definition) is 1. The van der Waals surface area contributed by atoms with Crippen molar-refractivity contribution in [1.29, 1.82) is 0 Å². The first-order valence-corrected chi connectivity index (χ1v) is 7.75. The Labute approximate surface area is 120 Å². The fourth-order valence-electron chi connectivity index (χ4n) is 2.79. The summed E-state index contributed by atoms with van der Waals surface area (Å²) in [4.78, 5) is 0. The first kappa shape index (κ1) is 14.9. The SMILES string of the molecule is COCCNCCc1nnc(C2C(C)(C)C2(C)C)s1. The first-order chi connectivity index (χ1) is 8.91. The fourth-order valence-corrected chi connectivity index (χ4v) is 4.11. The fraction of sp³-hybridized carbons (Fsp3) is 0.857. The second-order valence-electron chi connectivity index (χ2n) is 6.40. The maximum absolute atomic E-state index is 5.00. The van der Waals surface area contributed by atoms with Gasteiger partial charge < -0.3 is 10.1 Å². The number of nitrogens with zero attached hydrogens (tertiary/aromatic N) is 2. The van der Waals surface area contributed by atoms with E-state index < -0.39 is 0 Å². The van der Waals surface area contributed by atoms with Crippen LogP contribution in [0.1, 0.15) is 43.6 Å². The quantitative estimate of drug-likeness (QED) is 0.781. The van der Waals surface area contributed by atoms with Crippen LogP contribution in [0.15, 0.2) is 0 Å². The molecule has 2 rings (SSSR count). The van der Waals surface area contributed by atoms with Crippen LogP contribution in [0, 0.1) is 10.8 Å². The normalized spacial score (nSPS) is 20.7. The Morgan fingerprint density at radius 1 is 1.16 bits per heavy atom. The van der Waals surface area contributed by atoms with Crippen molar-refractivity contribution < 1.29 is 4.74 Å². The number of methoxy groups -OCH3 is 1. The zero-order valence-corrected chi connectivity index (χ0v) is 13.4. The zero-order chi connectivity index (χ0) is 14.1. The van der Waals surface area contributed by atoms with Crippen LogP contribution in [0.4, 0.5) is 0 Å². The predicted octanol–water partition coefficient (Wildman–Crippen LogP) is 2.47. The van der Waals surface area contributed by atoms with Crippen molar-refractivity contribution in [3.63, 3.8) is 0 Å². The van der Waals surface area contributed by atoms with E-state index in [9.17, 15) is 0 Å². The highest BCUT2D eigenvalue weighted by atomic mass is 32.1. The Morgan fingerprint density at radius 2 is 1.84 bits per heavy atom. The van der Waals surface area contributed by atoms with Gasteiger partial charge in [-0.25, -0.2) is 0 Å². The third kappa shape index (κ3) is 2.83. The largest absolute Gasteiger partial charge is 0.383 e. The van der Waals surface area contributed by atoms with Gasteiger partial charge in [-0.2, -0.15) is 0 Å². The van der Waals surface area contributed by atoms with Crippen molar-refractivity contribution in [2.24, 2.45) is 10.8 Å². The Hall–Kier alpha value is -0.520. The molecule has 1 aliphatic carbocycles. The van der Waals surface area contributed by atoms with Crippen LogP contribution >= 0.6 is 11.3 Å². The molecule has 0 atom stereocenters. The molecule has 0 amide bonds. The van der Waals surface area contributed by atoms with Gasteiger partial charge in [0.2, 0.25) is 0 Å². The van der Waals surface area contributed by atoms with Gasteiger partial charge in [0.25, 0.3) is 0 Å². The van der Waals surface area contributed by atoms with E-state index in [1.165, 1.54) is 5.01 Å². The molecule has 0 spiro atoms. The van der Waals surface area contributed by atoms with E-state index in [1.807, 2.05) is 0 Å². The lowest BCUT2D eigenvalue weighted by Gasteiger charge is -2.03. The van der Waals surface area contributed by atoms with Gasteiger partial charge >= 0.3 is 0 Å². The molecule has 5 heteroatoms. The molecule has 0 bridgehead atoms. The average molecular weight is 283 g/mol. The summed E-state index contributed by atoms with van der Waals surface area (Å²) in [6, 6.07) is 0. The van der Waals surface area contributed by atoms with Crippen molar-refractivity contribution in [3.8, 4) is 0 Å². The van der Waals surface area contributed by atoms with E-state index in [1.54, 1.807) is 18.4 Å². The van der Waals surface area contributed by atoms with E-state index in [2.05, 4.69) is 43.2 Å². The van der Waals surface area contributed by atoms with E-state index in [4.69, 9.17) is 4.74 Å². The monoisotopic (exact) mass is 283 g/mol. The smallest absolute Gasteiger partial charge is 0.121 e. The maximum Gasteiger partial charge on any atom is 0.121 e. The molecule has 0 radical (unpaired) electrons. The Bertz CT molecular complexity index is 414. The minimum atomic E-state index is 0.348. The number of hydrogen-bond acceptors (Lipinski definition) is 5. The van der Waals surface area contributed by atoms with Gasteiger partial charge in [-0.15, -0.1) is 21.5 Å². The summed E-state index contributed by atoms with van der Waals surface area (Å²) < 4.78 is 5.00. The number of ether oxygens (including phenoxy) is 1. The molecule has 1 heterocycles. The van der Waals surface area contributed by atoms with Gasteiger partial charge in [0, 0.05) is 32.5 Å². The zero-order valence-electron chi connectivity index (χ0n) is 12.6. The molecule has 1 aliphatic rings. The van der Waals surface area contributed by atoms with Crippen LogP contribution in [-0.2, 0) is 11.2 Å². The molecule has 1 N–H and O–H groups in total. The second-order valence-corrected chi connectivity index (χ2v) is 7.50. The molecule has 0 aromatic carbocycles. The van der Waals surface area contributed by atoms with Crippen molar-refractivity contribution >= 4 is 11.3 Å². The summed E-state index contributed by atoms with van der Waals surface area (Å²) in [5, 5.41) is 14.4. The van der Waals surface area contributed by atoms with Gasteiger partial charge in [-0.3, -0.25) is 0 Å². The minimum absolute atomic E-state index is 0.348. The summed E-state index contributed by atoms with van der Waals surface area (Å²) >= 11 is 1.78. The van der Waals surface area contributed by atoms with Crippen LogP contribution in [0.25, 0.3) is 0 Å². The molecule has 1 fully saturated rings. The Balaban J connectivity index is 1.84. The van der Waals surface area contributed by atoms with Gasteiger partial charge in [0.05, 0.1) is 6.61 Å². The van der Waals surface area contributed by atoms with Gasteiger partial charge in [0.1, 0.15) is 10.0 Å². The van der Waals surface area contributed by atoms with Crippen LogP contribution in [0.3, 0.4) is 0 Å². The topological polar surface area (TPSA) is 47.0 Å². The summed E-state index contributed by atoms with van der Waals surface area (Å²) in [6.07, 6.45) is 0.953. The van der Waals surface area contributed by atoms with Gasteiger partial charge in [0.15, 0.2) is 0 Å². The van der Waals surface area contributed by atoms with Crippen LogP contribution < -0.4 is 5.32 Å². The van der Waals surface area contributed by atoms with Crippen molar-refractivity contribution in [3.05, 3.63) is 10.0 Å². The molecule has 0 aliphatic heterocycles. The number of nitrogens with one attached hydrogen (secondary N) is 1. The van der Waals surface area contributed by atoms with E-state index in [0.717, 1.165) is 31.1 Å². The molecule has 0 unspecified atom stereocenters. The molecule has 1 aromatic heterocycles. The minimum Gasteiger partial charge on any atom is -0.383 e. The molecule has 4 nitrogen and oxygen atoms in total. The molecule has 19 heavy (non-hydrogen) atoms. The summed E-state index contributed by atoms with van der Waals surface area (Å²) in [7, 11) is 1.72. The highest BCUT2D eigenvalue weighted by Gasteiger charge is 2.66. The maximum atomic E-state index is 5.00. The van der Waals surface area contributed by atoms with Crippen LogP contribution in [0.5, 0.6) is 0 Å². The first-order valence-electron chi connectivity index (χ1n) is 6.93. The lowest BCUT2D eigenvalue weighted by atomic mass is 10.0. The second kappa shape index (κ2) is 5.46. The van der Waals surface area contributed by atoms with Crippen molar-refractivity contribution in [1.82, 2.24) is 15.5 Å². The Morgan fingerprint density at radius 3 is 2.42 bits per heavy atom. The summed E-state index contributed by atoms with van der Waals surface area (Å²) in [5.41, 5.74) is 0.695. The third-order valence-corrected chi connectivity index (χ3v) is 5.80. The van der Waals surface area contributed by atoms with E-state index in [0.29, 0.717) is 16.7 Å². The molecular weight excluding hydrogens is 258 g/mol. The lowest BCUT2D eigenvalue weighted by molar-refractivity contribution is 0.199. The molecular formula is C14H25N3OS. The summed E-state index contributed by atoms with van der Waals surface area (Å²) in [6.45, 7) is 11.9. The standard InChI is InChI=1S/C14H25N3OS/c1-13(2)11(14(13,3)4)12-17-16-10(19-12)6-7-15-8-9-18-5/h11,15H,6-9H2,1-5H3. The third-order valence-electron chi connectivity index (χ3n) is 4.75. The summed E-state index contributed by atoms with van der Waals surface area (Å²) in [5.74, 6) is 0.563. The average Bonchev–Trinajstić information content (AvgIpc) is 2.69. The molecule has 0 saturated heterocycles. The lowest BCUT2D eigenvalue weighted by Crippen LogP contribution is -2.21.